The lowest BCUT2D eigenvalue weighted by Crippen LogP contribution is -2.17. The number of allylic oxidation sites excluding steroid dienone is 1. The first-order valence-electron chi connectivity index (χ1n) is 4.77. The third-order valence-electron chi connectivity index (χ3n) is 1.89. The van der Waals surface area contributed by atoms with Gasteiger partial charge in [0.15, 0.2) is 0 Å². The smallest absolute Gasteiger partial charge is 0.224 e. The van der Waals surface area contributed by atoms with Crippen molar-refractivity contribution < 1.29 is 4.79 Å². The molecule has 1 N–H and O–H groups in total. The highest BCUT2D eigenvalue weighted by molar-refractivity contribution is 5.77. The number of amides is 1. The summed E-state index contributed by atoms with van der Waals surface area (Å²) in [5, 5.41) is 2.68. The van der Waals surface area contributed by atoms with E-state index in [0.717, 1.165) is 6.42 Å². The van der Waals surface area contributed by atoms with Crippen molar-refractivity contribution in [1.82, 2.24) is 5.32 Å². The third-order valence-corrected chi connectivity index (χ3v) is 1.89. The van der Waals surface area contributed by atoms with Gasteiger partial charge in [0.2, 0.25) is 5.91 Å². The van der Waals surface area contributed by atoms with Crippen molar-refractivity contribution in [2.45, 2.75) is 19.8 Å². The van der Waals surface area contributed by atoms with Gasteiger partial charge in [-0.3, -0.25) is 4.79 Å². The first-order valence-corrected chi connectivity index (χ1v) is 4.77. The van der Waals surface area contributed by atoms with E-state index < -0.39 is 0 Å². The van der Waals surface area contributed by atoms with Gasteiger partial charge in [0.1, 0.15) is 0 Å². The van der Waals surface area contributed by atoms with E-state index in [4.69, 9.17) is 0 Å². The summed E-state index contributed by atoms with van der Waals surface area (Å²) in [6, 6.07) is 10.0. The molecule has 0 unspecified atom stereocenters. The lowest BCUT2D eigenvalue weighted by molar-refractivity contribution is -0.120. The quantitative estimate of drug-likeness (QED) is 0.773. The summed E-state index contributed by atoms with van der Waals surface area (Å²) in [6.45, 7) is 1.87. The molecule has 0 aromatic heterocycles. The fraction of sp³-hybridized carbons (Fsp3) is 0.250. The number of hydrogen-bond acceptors (Lipinski definition) is 1. The predicted octanol–water partition coefficient (Wildman–Crippen LogP) is 2.27. The number of carbonyl (C=O) groups is 1. The summed E-state index contributed by atoms with van der Waals surface area (Å²) in [5.74, 6) is 0.0620. The van der Waals surface area contributed by atoms with Crippen molar-refractivity contribution in [3.8, 4) is 0 Å². The zero-order chi connectivity index (χ0) is 10.2. The Kier molecular flexibility index (Phi) is 4.48. The molecule has 0 heterocycles. The van der Waals surface area contributed by atoms with Crippen LogP contribution in [0.2, 0.25) is 0 Å². The minimum absolute atomic E-state index is 0.0620. The van der Waals surface area contributed by atoms with Crippen LogP contribution in [0.1, 0.15) is 18.9 Å². The second-order valence-corrected chi connectivity index (χ2v) is 3.05. The van der Waals surface area contributed by atoms with Crippen molar-refractivity contribution in [1.29, 1.82) is 0 Å². The van der Waals surface area contributed by atoms with E-state index in [1.807, 2.05) is 37.3 Å². The molecular weight excluding hydrogens is 174 g/mol. The topological polar surface area (TPSA) is 29.1 Å². The molecule has 2 heteroatoms. The third kappa shape index (κ3) is 3.90. The van der Waals surface area contributed by atoms with E-state index in [0.29, 0.717) is 6.42 Å². The van der Waals surface area contributed by atoms with E-state index in [9.17, 15) is 4.79 Å². The Balaban J connectivity index is 2.31. The molecule has 0 bridgehead atoms. The van der Waals surface area contributed by atoms with Crippen molar-refractivity contribution in [2.24, 2.45) is 0 Å². The van der Waals surface area contributed by atoms with Crippen LogP contribution in [0.25, 0.3) is 0 Å². The van der Waals surface area contributed by atoms with Crippen molar-refractivity contribution in [3.05, 3.63) is 48.2 Å². The molecule has 0 aliphatic heterocycles. The van der Waals surface area contributed by atoms with Crippen LogP contribution < -0.4 is 5.32 Å². The fourth-order valence-corrected chi connectivity index (χ4v) is 1.15. The number of nitrogens with one attached hydrogen (secondary N) is 1. The Hall–Kier alpha value is -1.57. The van der Waals surface area contributed by atoms with Crippen LogP contribution in [0.15, 0.2) is 42.6 Å². The summed E-state index contributed by atoms with van der Waals surface area (Å²) in [4.78, 5) is 11.2. The largest absolute Gasteiger partial charge is 0.333 e. The molecule has 0 aliphatic rings. The molecule has 0 saturated heterocycles. The molecule has 0 aliphatic carbocycles. The van der Waals surface area contributed by atoms with Crippen LogP contribution in [0.4, 0.5) is 0 Å². The molecule has 1 rings (SSSR count). The Labute approximate surface area is 84.6 Å². The lowest BCUT2D eigenvalue weighted by Gasteiger charge is -2.00. The molecule has 74 valence electrons. The summed E-state index contributed by atoms with van der Waals surface area (Å²) in [7, 11) is 0. The second kappa shape index (κ2) is 5.97. The van der Waals surface area contributed by atoms with Crippen LogP contribution in [-0.2, 0) is 11.2 Å². The number of rotatable bonds is 4. The standard InChI is InChI=1S/C12H15NO/c1-2-10-13-12(14)9-8-11-6-4-3-5-7-11/h2-7,10H,8-9H2,1H3,(H,13,14). The first-order chi connectivity index (χ1) is 6.83. The monoisotopic (exact) mass is 189 g/mol. The minimum atomic E-state index is 0.0620. The van der Waals surface area contributed by atoms with Crippen molar-refractivity contribution in [2.75, 3.05) is 0 Å². The second-order valence-electron chi connectivity index (χ2n) is 3.05. The zero-order valence-electron chi connectivity index (χ0n) is 8.36. The van der Waals surface area contributed by atoms with E-state index in [1.54, 1.807) is 12.3 Å². The van der Waals surface area contributed by atoms with Crippen LogP contribution in [0.3, 0.4) is 0 Å². The van der Waals surface area contributed by atoms with Crippen molar-refractivity contribution in [3.63, 3.8) is 0 Å². The van der Waals surface area contributed by atoms with Gasteiger partial charge in [0.05, 0.1) is 0 Å². The molecule has 0 atom stereocenters. The van der Waals surface area contributed by atoms with Gasteiger partial charge in [0, 0.05) is 6.42 Å². The average Bonchev–Trinajstić information content (AvgIpc) is 2.25. The van der Waals surface area contributed by atoms with Crippen LogP contribution >= 0.6 is 0 Å². The summed E-state index contributed by atoms with van der Waals surface area (Å²) < 4.78 is 0. The van der Waals surface area contributed by atoms with Gasteiger partial charge in [0.25, 0.3) is 0 Å². The van der Waals surface area contributed by atoms with Gasteiger partial charge in [-0.2, -0.15) is 0 Å². The Morgan fingerprint density at radius 1 is 1.36 bits per heavy atom. The lowest BCUT2D eigenvalue weighted by atomic mass is 10.1. The van der Waals surface area contributed by atoms with Gasteiger partial charge < -0.3 is 5.32 Å². The maximum Gasteiger partial charge on any atom is 0.224 e. The molecule has 0 radical (unpaired) electrons. The number of hydrogen-bond donors (Lipinski definition) is 1. The highest BCUT2D eigenvalue weighted by atomic mass is 16.1. The van der Waals surface area contributed by atoms with Crippen LogP contribution in [0.5, 0.6) is 0 Å². The molecule has 0 spiro atoms. The van der Waals surface area contributed by atoms with Crippen LogP contribution in [-0.4, -0.2) is 5.91 Å². The van der Waals surface area contributed by atoms with Gasteiger partial charge in [-0.1, -0.05) is 36.4 Å². The molecule has 0 saturated carbocycles. The maximum absolute atomic E-state index is 11.2. The molecule has 1 aromatic carbocycles. The van der Waals surface area contributed by atoms with Gasteiger partial charge in [-0.15, -0.1) is 0 Å². The minimum Gasteiger partial charge on any atom is -0.333 e. The van der Waals surface area contributed by atoms with E-state index in [-0.39, 0.29) is 5.91 Å². The number of aryl methyl sites for hydroxylation is 1. The molecule has 1 aromatic rings. The summed E-state index contributed by atoms with van der Waals surface area (Å²) >= 11 is 0. The Morgan fingerprint density at radius 3 is 2.71 bits per heavy atom. The molecule has 0 fully saturated rings. The van der Waals surface area contributed by atoms with E-state index >= 15 is 0 Å². The predicted molar refractivity (Wildman–Crippen MR) is 57.7 cm³/mol. The van der Waals surface area contributed by atoms with E-state index in [2.05, 4.69) is 5.32 Å². The molecule has 14 heavy (non-hydrogen) atoms. The number of benzene rings is 1. The first kappa shape index (κ1) is 10.5. The van der Waals surface area contributed by atoms with Crippen LogP contribution in [0, 0.1) is 0 Å². The Bertz CT molecular complexity index is 303. The average molecular weight is 189 g/mol. The Morgan fingerprint density at radius 2 is 2.07 bits per heavy atom. The number of carbonyl (C=O) groups excluding carboxylic acids is 1. The highest BCUT2D eigenvalue weighted by Gasteiger charge is 1.98. The van der Waals surface area contributed by atoms with Gasteiger partial charge in [-0.25, -0.2) is 0 Å². The zero-order valence-corrected chi connectivity index (χ0v) is 8.36. The van der Waals surface area contributed by atoms with Gasteiger partial charge in [-0.05, 0) is 25.1 Å². The SMILES string of the molecule is CC=CNC(=O)CCc1ccccc1. The van der Waals surface area contributed by atoms with Crippen molar-refractivity contribution >= 4 is 5.91 Å². The van der Waals surface area contributed by atoms with Gasteiger partial charge >= 0.3 is 0 Å². The molecular formula is C12H15NO. The molecule has 1 amide bonds. The normalized spacial score (nSPS) is 10.4. The maximum atomic E-state index is 11.2. The highest BCUT2D eigenvalue weighted by Crippen LogP contribution is 2.01. The summed E-state index contributed by atoms with van der Waals surface area (Å²) in [5.41, 5.74) is 1.20. The summed E-state index contributed by atoms with van der Waals surface area (Å²) in [6.07, 6.45) is 4.80. The van der Waals surface area contributed by atoms with E-state index in [1.165, 1.54) is 5.56 Å². The fourth-order valence-electron chi connectivity index (χ4n) is 1.15. The molecule has 2 nitrogen and oxygen atoms in total.